The second kappa shape index (κ2) is 6.48. The van der Waals surface area contributed by atoms with Crippen LogP contribution in [0.1, 0.15) is 30.1 Å². The number of benzene rings is 2. The molecule has 0 radical (unpaired) electrons. The monoisotopic (exact) mass is 361 g/mol. The number of ether oxygens (including phenoxy) is 1. The van der Waals surface area contributed by atoms with Crippen molar-refractivity contribution in [1.82, 2.24) is 5.16 Å². The van der Waals surface area contributed by atoms with Gasteiger partial charge in [0.2, 0.25) is 0 Å². The SMILES string of the molecule is Fc1cccc(F)c1-c1noc(C2CC2)c1COc1cccc(Cl)c1. The number of hydrogen-bond acceptors (Lipinski definition) is 3. The van der Waals surface area contributed by atoms with E-state index in [-0.39, 0.29) is 23.8 Å². The second-order valence-corrected chi connectivity index (χ2v) is 6.43. The highest BCUT2D eigenvalue weighted by molar-refractivity contribution is 6.30. The predicted octanol–water partition coefficient (Wildman–Crippen LogP) is 5.73. The minimum absolute atomic E-state index is 0.0960. The lowest BCUT2D eigenvalue weighted by Crippen LogP contribution is -2.01. The Labute approximate surface area is 148 Å². The Kier molecular flexibility index (Phi) is 4.17. The van der Waals surface area contributed by atoms with Crippen LogP contribution in [-0.2, 0) is 6.61 Å². The van der Waals surface area contributed by atoms with Crippen molar-refractivity contribution in [3.63, 3.8) is 0 Å². The molecule has 0 N–H and O–H groups in total. The van der Waals surface area contributed by atoms with Crippen molar-refractivity contribution in [2.75, 3.05) is 0 Å². The maximum absolute atomic E-state index is 14.2. The summed E-state index contributed by atoms with van der Waals surface area (Å²) >= 11 is 5.96. The lowest BCUT2D eigenvalue weighted by atomic mass is 10.0. The Morgan fingerprint density at radius 2 is 1.84 bits per heavy atom. The molecule has 0 aliphatic heterocycles. The molecule has 3 aromatic rings. The predicted molar refractivity (Wildman–Crippen MR) is 89.6 cm³/mol. The van der Waals surface area contributed by atoms with Crippen molar-refractivity contribution in [3.8, 4) is 17.0 Å². The molecular weight excluding hydrogens is 348 g/mol. The summed E-state index contributed by atoms with van der Waals surface area (Å²) in [4.78, 5) is 0. The second-order valence-electron chi connectivity index (χ2n) is 5.99. The number of rotatable bonds is 5. The summed E-state index contributed by atoms with van der Waals surface area (Å²) in [6.07, 6.45) is 1.94. The summed E-state index contributed by atoms with van der Waals surface area (Å²) in [5, 5.41) is 4.48. The van der Waals surface area contributed by atoms with Crippen LogP contribution in [-0.4, -0.2) is 5.16 Å². The number of aromatic nitrogens is 1. The van der Waals surface area contributed by atoms with Crippen LogP contribution in [0, 0.1) is 11.6 Å². The summed E-state index contributed by atoms with van der Waals surface area (Å²) < 4.78 is 39.5. The van der Waals surface area contributed by atoms with Gasteiger partial charge in [0.1, 0.15) is 35.4 Å². The Morgan fingerprint density at radius 1 is 1.12 bits per heavy atom. The average Bonchev–Trinajstić information content (AvgIpc) is 3.34. The normalized spacial score (nSPS) is 13.9. The van der Waals surface area contributed by atoms with E-state index >= 15 is 0 Å². The third-order valence-electron chi connectivity index (χ3n) is 4.15. The van der Waals surface area contributed by atoms with Crippen molar-refractivity contribution >= 4 is 11.6 Å². The molecule has 128 valence electrons. The van der Waals surface area contributed by atoms with E-state index in [1.54, 1.807) is 24.3 Å². The van der Waals surface area contributed by atoms with Crippen LogP contribution in [0.15, 0.2) is 47.0 Å². The van der Waals surface area contributed by atoms with Gasteiger partial charge in [0, 0.05) is 10.9 Å². The van der Waals surface area contributed by atoms with E-state index < -0.39 is 11.6 Å². The molecule has 0 atom stereocenters. The Morgan fingerprint density at radius 3 is 2.52 bits per heavy atom. The number of halogens is 3. The molecule has 0 saturated heterocycles. The summed E-state index contributed by atoms with van der Waals surface area (Å²) in [5.74, 6) is 0.0726. The molecule has 6 heteroatoms. The number of nitrogens with zero attached hydrogens (tertiary/aromatic N) is 1. The van der Waals surface area contributed by atoms with E-state index in [1.165, 1.54) is 18.2 Å². The largest absolute Gasteiger partial charge is 0.489 e. The van der Waals surface area contributed by atoms with Gasteiger partial charge in [-0.25, -0.2) is 8.78 Å². The van der Waals surface area contributed by atoms with E-state index in [0.717, 1.165) is 12.8 Å². The molecule has 0 spiro atoms. The van der Waals surface area contributed by atoms with Crippen LogP contribution in [0.4, 0.5) is 8.78 Å². The van der Waals surface area contributed by atoms with Crippen LogP contribution in [0.2, 0.25) is 5.02 Å². The molecule has 25 heavy (non-hydrogen) atoms. The highest BCUT2D eigenvalue weighted by Crippen LogP contribution is 2.44. The standard InChI is InChI=1S/C19H14ClF2NO2/c20-12-3-1-4-13(9-12)24-10-14-18(23-25-19(14)11-7-8-11)17-15(21)5-2-6-16(17)22/h1-6,9,11H,7-8,10H2. The Hall–Kier alpha value is -2.40. The zero-order chi connectivity index (χ0) is 17.4. The average molecular weight is 362 g/mol. The molecule has 1 aliphatic carbocycles. The van der Waals surface area contributed by atoms with Crippen molar-refractivity contribution < 1.29 is 18.0 Å². The van der Waals surface area contributed by atoms with Gasteiger partial charge in [-0.1, -0.05) is 28.9 Å². The van der Waals surface area contributed by atoms with Gasteiger partial charge in [-0.05, 0) is 43.2 Å². The third-order valence-corrected chi connectivity index (χ3v) is 4.38. The van der Waals surface area contributed by atoms with Crippen molar-refractivity contribution in [3.05, 3.63) is 70.4 Å². The van der Waals surface area contributed by atoms with Crippen LogP contribution < -0.4 is 4.74 Å². The first-order valence-electron chi connectivity index (χ1n) is 7.94. The van der Waals surface area contributed by atoms with Crippen molar-refractivity contribution in [1.29, 1.82) is 0 Å². The van der Waals surface area contributed by atoms with Crippen LogP contribution >= 0.6 is 11.6 Å². The molecule has 1 saturated carbocycles. The molecule has 4 rings (SSSR count). The third kappa shape index (κ3) is 3.24. The fraction of sp³-hybridized carbons (Fsp3) is 0.211. The molecule has 1 aromatic heterocycles. The molecule has 0 unspecified atom stereocenters. The van der Waals surface area contributed by atoms with Gasteiger partial charge in [0.25, 0.3) is 0 Å². The lowest BCUT2D eigenvalue weighted by molar-refractivity contribution is 0.300. The van der Waals surface area contributed by atoms with Gasteiger partial charge < -0.3 is 9.26 Å². The zero-order valence-electron chi connectivity index (χ0n) is 13.1. The van der Waals surface area contributed by atoms with Gasteiger partial charge >= 0.3 is 0 Å². The first-order chi connectivity index (χ1) is 12.1. The van der Waals surface area contributed by atoms with E-state index in [4.69, 9.17) is 20.9 Å². The Bertz CT molecular complexity index is 901. The van der Waals surface area contributed by atoms with E-state index in [2.05, 4.69) is 5.16 Å². The molecule has 1 aliphatic rings. The van der Waals surface area contributed by atoms with E-state index in [9.17, 15) is 8.78 Å². The van der Waals surface area contributed by atoms with Gasteiger partial charge in [-0.3, -0.25) is 0 Å². The van der Waals surface area contributed by atoms with Crippen LogP contribution in [0.5, 0.6) is 5.75 Å². The van der Waals surface area contributed by atoms with Gasteiger partial charge in [0.15, 0.2) is 0 Å². The number of hydrogen-bond donors (Lipinski definition) is 0. The highest BCUT2D eigenvalue weighted by atomic mass is 35.5. The van der Waals surface area contributed by atoms with Crippen LogP contribution in [0.25, 0.3) is 11.3 Å². The van der Waals surface area contributed by atoms with Gasteiger partial charge in [-0.2, -0.15) is 0 Å². The molecule has 0 amide bonds. The fourth-order valence-electron chi connectivity index (χ4n) is 2.76. The van der Waals surface area contributed by atoms with Gasteiger partial charge in [-0.15, -0.1) is 0 Å². The topological polar surface area (TPSA) is 35.3 Å². The zero-order valence-corrected chi connectivity index (χ0v) is 13.9. The quantitative estimate of drug-likeness (QED) is 0.582. The first-order valence-corrected chi connectivity index (χ1v) is 8.32. The lowest BCUT2D eigenvalue weighted by Gasteiger charge is -2.09. The fourth-order valence-corrected chi connectivity index (χ4v) is 2.94. The summed E-state index contributed by atoms with van der Waals surface area (Å²) in [7, 11) is 0. The summed E-state index contributed by atoms with van der Waals surface area (Å²) in [6.45, 7) is 0.0960. The minimum Gasteiger partial charge on any atom is -0.489 e. The molecule has 3 nitrogen and oxygen atoms in total. The van der Waals surface area contributed by atoms with Gasteiger partial charge in [0.05, 0.1) is 11.1 Å². The van der Waals surface area contributed by atoms with Crippen LogP contribution in [0.3, 0.4) is 0 Å². The smallest absolute Gasteiger partial charge is 0.147 e. The van der Waals surface area contributed by atoms with Crippen molar-refractivity contribution in [2.24, 2.45) is 0 Å². The summed E-state index contributed by atoms with van der Waals surface area (Å²) in [6, 6.07) is 10.7. The molecule has 2 aromatic carbocycles. The van der Waals surface area contributed by atoms with E-state index in [1.807, 2.05) is 0 Å². The summed E-state index contributed by atoms with van der Waals surface area (Å²) in [5.41, 5.74) is 0.536. The van der Waals surface area contributed by atoms with Crippen molar-refractivity contribution in [2.45, 2.75) is 25.4 Å². The minimum atomic E-state index is -0.681. The highest BCUT2D eigenvalue weighted by Gasteiger charge is 2.34. The molecule has 1 heterocycles. The van der Waals surface area contributed by atoms with E-state index in [0.29, 0.717) is 22.1 Å². The Balaban J connectivity index is 1.71. The molecular formula is C19H14ClF2NO2. The molecule has 0 bridgehead atoms. The first kappa shape index (κ1) is 16.1. The molecule has 1 fully saturated rings. The maximum atomic E-state index is 14.2. The maximum Gasteiger partial charge on any atom is 0.147 e.